The Labute approximate surface area is 166 Å². The van der Waals surface area contributed by atoms with E-state index in [0.29, 0.717) is 15.4 Å². The van der Waals surface area contributed by atoms with Crippen LogP contribution in [0.5, 0.6) is 0 Å². The van der Waals surface area contributed by atoms with Gasteiger partial charge in [0.25, 0.3) is 5.56 Å². The molecule has 0 saturated heterocycles. The predicted octanol–water partition coefficient (Wildman–Crippen LogP) is 4.23. The lowest BCUT2D eigenvalue weighted by atomic mass is 10.2. The molecule has 0 unspecified atom stereocenters. The Morgan fingerprint density at radius 2 is 1.96 bits per heavy atom. The van der Waals surface area contributed by atoms with Crippen molar-refractivity contribution < 1.29 is 9.53 Å². The van der Waals surface area contributed by atoms with E-state index in [0.717, 1.165) is 10.2 Å². The normalized spacial score (nSPS) is 10.7. The molecular weight excluding hydrogens is 466 g/mol. The lowest BCUT2D eigenvalue weighted by molar-refractivity contribution is -0.143. The molecule has 26 heavy (non-hydrogen) atoms. The third kappa shape index (κ3) is 3.96. The highest BCUT2D eigenvalue weighted by Gasteiger charge is 2.17. The predicted molar refractivity (Wildman–Crippen MR) is 108 cm³/mol. The van der Waals surface area contributed by atoms with E-state index in [1.54, 1.807) is 13.0 Å². The van der Waals surface area contributed by atoms with Crippen LogP contribution in [-0.4, -0.2) is 22.1 Å². The monoisotopic (exact) mass is 479 g/mol. The molecule has 1 heterocycles. The summed E-state index contributed by atoms with van der Waals surface area (Å²) in [6, 6.07) is 12.8. The fourth-order valence-corrected chi connectivity index (χ4v) is 3.79. The number of esters is 1. The van der Waals surface area contributed by atoms with E-state index in [9.17, 15) is 9.59 Å². The van der Waals surface area contributed by atoms with Crippen LogP contribution >= 0.6 is 31.9 Å². The molecule has 3 rings (SSSR count). The van der Waals surface area contributed by atoms with Gasteiger partial charge in [0.2, 0.25) is 5.95 Å². The summed E-state index contributed by atoms with van der Waals surface area (Å²) >= 11 is 6.82. The number of aromatic nitrogens is 2. The second-order valence-corrected chi connectivity index (χ2v) is 7.18. The molecule has 0 saturated carbocycles. The molecule has 8 heteroatoms. The van der Waals surface area contributed by atoms with Crippen LogP contribution in [0.1, 0.15) is 6.92 Å². The molecule has 0 aliphatic carbocycles. The number of benzene rings is 2. The Kier molecular flexibility index (Phi) is 5.73. The van der Waals surface area contributed by atoms with Gasteiger partial charge in [-0.15, -0.1) is 0 Å². The van der Waals surface area contributed by atoms with Crippen molar-refractivity contribution in [3.05, 3.63) is 61.8 Å². The summed E-state index contributed by atoms with van der Waals surface area (Å²) in [7, 11) is 0. The highest BCUT2D eigenvalue weighted by molar-refractivity contribution is 9.11. The fourth-order valence-electron chi connectivity index (χ4n) is 2.48. The van der Waals surface area contributed by atoms with Gasteiger partial charge >= 0.3 is 5.97 Å². The average molecular weight is 481 g/mol. The standard InChI is InChI=1S/C18H15Br2N3O3/c1-2-26-15(24)10-23-17(25)13-8-11(19)9-14(20)16(13)22-18(23)21-12-6-4-3-5-7-12/h3-9H,2,10H2,1H3,(H,21,22). The smallest absolute Gasteiger partial charge is 0.326 e. The number of ether oxygens (including phenoxy) is 1. The number of hydrogen-bond donors (Lipinski definition) is 1. The van der Waals surface area contributed by atoms with Crippen molar-refractivity contribution in [3.63, 3.8) is 0 Å². The van der Waals surface area contributed by atoms with Crippen molar-refractivity contribution in [2.75, 3.05) is 11.9 Å². The van der Waals surface area contributed by atoms with E-state index < -0.39 is 5.97 Å². The lowest BCUT2D eigenvalue weighted by Gasteiger charge is -2.15. The quantitative estimate of drug-likeness (QED) is 0.553. The Morgan fingerprint density at radius 3 is 2.65 bits per heavy atom. The van der Waals surface area contributed by atoms with Crippen molar-refractivity contribution in [3.8, 4) is 0 Å². The van der Waals surface area contributed by atoms with Crippen molar-refractivity contribution in [1.82, 2.24) is 9.55 Å². The fraction of sp³-hybridized carbons (Fsp3) is 0.167. The average Bonchev–Trinajstić information content (AvgIpc) is 2.60. The summed E-state index contributed by atoms with van der Waals surface area (Å²) in [6.45, 7) is 1.73. The van der Waals surface area contributed by atoms with E-state index in [1.165, 1.54) is 4.57 Å². The van der Waals surface area contributed by atoms with E-state index >= 15 is 0 Å². The van der Waals surface area contributed by atoms with Crippen LogP contribution in [0.15, 0.2) is 56.2 Å². The summed E-state index contributed by atoms with van der Waals surface area (Å²) in [5, 5.41) is 3.50. The highest BCUT2D eigenvalue weighted by Crippen LogP contribution is 2.27. The summed E-state index contributed by atoms with van der Waals surface area (Å²) in [4.78, 5) is 29.6. The first-order valence-electron chi connectivity index (χ1n) is 7.87. The molecule has 2 aromatic carbocycles. The summed E-state index contributed by atoms with van der Waals surface area (Å²) in [5.74, 6) is -0.231. The zero-order chi connectivity index (χ0) is 18.7. The summed E-state index contributed by atoms with van der Waals surface area (Å²) in [5.41, 5.74) is 0.935. The number of anilines is 2. The number of hydrogen-bond acceptors (Lipinski definition) is 5. The van der Waals surface area contributed by atoms with Gasteiger partial charge in [0.05, 0.1) is 17.5 Å². The number of nitrogens with one attached hydrogen (secondary N) is 1. The first-order valence-corrected chi connectivity index (χ1v) is 9.45. The molecule has 134 valence electrons. The molecule has 0 bridgehead atoms. The third-order valence-corrected chi connectivity index (χ3v) is 4.66. The van der Waals surface area contributed by atoms with Crippen LogP contribution in [0.3, 0.4) is 0 Å². The molecule has 0 aliphatic heterocycles. The van der Waals surface area contributed by atoms with Gasteiger partial charge in [-0.05, 0) is 47.1 Å². The van der Waals surface area contributed by atoms with Crippen molar-refractivity contribution in [2.45, 2.75) is 13.5 Å². The maximum atomic E-state index is 13.0. The molecule has 1 aromatic heterocycles. The second-order valence-electron chi connectivity index (χ2n) is 5.41. The van der Waals surface area contributed by atoms with Crippen molar-refractivity contribution >= 4 is 60.4 Å². The molecule has 3 aromatic rings. The van der Waals surface area contributed by atoms with Gasteiger partial charge in [0.15, 0.2) is 0 Å². The van der Waals surface area contributed by atoms with Gasteiger partial charge in [0, 0.05) is 14.6 Å². The summed E-state index contributed by atoms with van der Waals surface area (Å²) < 4.78 is 7.69. The third-order valence-electron chi connectivity index (χ3n) is 3.60. The van der Waals surface area contributed by atoms with Crippen LogP contribution in [0.4, 0.5) is 11.6 Å². The minimum Gasteiger partial charge on any atom is -0.465 e. The number of para-hydroxylation sites is 1. The van der Waals surface area contributed by atoms with Gasteiger partial charge in [-0.3, -0.25) is 14.2 Å². The van der Waals surface area contributed by atoms with Gasteiger partial charge in [0.1, 0.15) is 6.54 Å². The Balaban J connectivity index is 2.19. The summed E-state index contributed by atoms with van der Waals surface area (Å²) in [6.07, 6.45) is 0. The number of halogens is 2. The molecule has 6 nitrogen and oxygen atoms in total. The van der Waals surface area contributed by atoms with Gasteiger partial charge in [-0.25, -0.2) is 4.98 Å². The Hall–Kier alpha value is -2.19. The SMILES string of the molecule is CCOC(=O)Cn1c(Nc2ccccc2)nc2c(Br)cc(Br)cc2c1=O. The Bertz CT molecular complexity index is 1020. The zero-order valence-electron chi connectivity index (χ0n) is 13.8. The first kappa shape index (κ1) is 18.6. The topological polar surface area (TPSA) is 73.2 Å². The molecule has 0 aliphatic rings. The lowest BCUT2D eigenvalue weighted by Crippen LogP contribution is -2.28. The molecule has 0 spiro atoms. The maximum absolute atomic E-state index is 13.0. The van der Waals surface area contributed by atoms with Crippen LogP contribution < -0.4 is 10.9 Å². The van der Waals surface area contributed by atoms with Crippen LogP contribution in [0.2, 0.25) is 0 Å². The molecule has 0 atom stereocenters. The van der Waals surface area contributed by atoms with E-state index in [1.807, 2.05) is 36.4 Å². The zero-order valence-corrected chi connectivity index (χ0v) is 17.0. The number of rotatable bonds is 5. The molecular formula is C18H15Br2N3O3. The second kappa shape index (κ2) is 8.01. The number of carbonyl (C=O) groups is 1. The van der Waals surface area contributed by atoms with Crippen molar-refractivity contribution in [1.29, 1.82) is 0 Å². The van der Waals surface area contributed by atoms with Crippen molar-refractivity contribution in [2.24, 2.45) is 0 Å². The minimum absolute atomic E-state index is 0.227. The highest BCUT2D eigenvalue weighted by atomic mass is 79.9. The molecule has 0 amide bonds. The van der Waals surface area contributed by atoms with E-state index in [2.05, 4.69) is 42.2 Å². The number of carbonyl (C=O) groups excluding carboxylic acids is 1. The van der Waals surface area contributed by atoms with Gasteiger partial charge in [-0.1, -0.05) is 34.1 Å². The van der Waals surface area contributed by atoms with Crippen LogP contribution in [0, 0.1) is 0 Å². The molecule has 0 radical (unpaired) electrons. The molecule has 1 N–H and O–H groups in total. The van der Waals surface area contributed by atoms with Gasteiger partial charge in [-0.2, -0.15) is 0 Å². The van der Waals surface area contributed by atoms with Gasteiger partial charge < -0.3 is 10.1 Å². The Morgan fingerprint density at radius 1 is 1.23 bits per heavy atom. The van der Waals surface area contributed by atoms with E-state index in [4.69, 9.17) is 4.74 Å². The number of fused-ring (bicyclic) bond motifs is 1. The molecule has 0 fully saturated rings. The number of nitrogens with zero attached hydrogens (tertiary/aromatic N) is 2. The minimum atomic E-state index is -0.499. The maximum Gasteiger partial charge on any atom is 0.326 e. The largest absolute Gasteiger partial charge is 0.465 e. The van der Waals surface area contributed by atoms with Crippen LogP contribution in [-0.2, 0) is 16.1 Å². The van der Waals surface area contributed by atoms with Crippen LogP contribution in [0.25, 0.3) is 10.9 Å². The van der Waals surface area contributed by atoms with E-state index in [-0.39, 0.29) is 24.7 Å². The first-order chi connectivity index (χ1) is 12.5.